The van der Waals surface area contributed by atoms with Crippen molar-refractivity contribution >= 4 is 22.0 Å². The molecule has 1 saturated carbocycles. The Labute approximate surface area is 144 Å². The van der Waals surface area contributed by atoms with Gasteiger partial charge in [-0.2, -0.15) is 4.31 Å². The second-order valence-corrected chi connectivity index (χ2v) is 8.28. The Balaban J connectivity index is 1.57. The van der Waals surface area contributed by atoms with E-state index in [4.69, 9.17) is 0 Å². The molecule has 1 aliphatic heterocycles. The summed E-state index contributed by atoms with van der Waals surface area (Å²) in [5, 5.41) is 1.26. The maximum Gasteiger partial charge on any atom is 0.236 e. The Morgan fingerprint density at radius 3 is 2.25 bits per heavy atom. The van der Waals surface area contributed by atoms with Gasteiger partial charge in [0.2, 0.25) is 15.9 Å². The van der Waals surface area contributed by atoms with Gasteiger partial charge in [-0.05, 0) is 24.5 Å². The highest BCUT2D eigenvalue weighted by molar-refractivity contribution is 7.92. The van der Waals surface area contributed by atoms with Crippen LogP contribution < -0.4 is 0 Å². The van der Waals surface area contributed by atoms with E-state index >= 15 is 0 Å². The van der Waals surface area contributed by atoms with E-state index in [2.05, 4.69) is 0 Å². The molecule has 24 heavy (non-hydrogen) atoms. The molecule has 5 nitrogen and oxygen atoms in total. The molecule has 0 bridgehead atoms. The number of piperazine rings is 1. The lowest BCUT2D eigenvalue weighted by molar-refractivity contribution is -0.136. The highest BCUT2D eigenvalue weighted by Gasteiger charge is 2.31. The number of benzene rings is 1. The van der Waals surface area contributed by atoms with Gasteiger partial charge in [-0.1, -0.05) is 43.2 Å². The third-order valence-corrected chi connectivity index (χ3v) is 6.41. The lowest BCUT2D eigenvalue weighted by Gasteiger charge is -2.34. The third kappa shape index (κ3) is 4.05. The molecule has 1 aromatic rings. The minimum absolute atomic E-state index is 0.158. The van der Waals surface area contributed by atoms with Crippen LogP contribution in [0, 0.1) is 5.92 Å². The van der Waals surface area contributed by atoms with Gasteiger partial charge >= 0.3 is 0 Å². The highest BCUT2D eigenvalue weighted by atomic mass is 32.2. The number of amides is 1. The van der Waals surface area contributed by atoms with E-state index < -0.39 is 10.0 Å². The molecule has 0 N–H and O–H groups in total. The fourth-order valence-electron chi connectivity index (χ4n) is 3.41. The highest BCUT2D eigenvalue weighted by Crippen LogP contribution is 2.27. The van der Waals surface area contributed by atoms with Crippen molar-refractivity contribution in [2.75, 3.05) is 26.2 Å². The van der Waals surface area contributed by atoms with Crippen molar-refractivity contribution in [3.05, 3.63) is 41.3 Å². The lowest BCUT2D eigenvalue weighted by atomic mass is 10.1. The molecule has 1 aromatic carbocycles. The standard InChI is InChI=1S/C18H24N2O3S/c21-18(17-8-4-5-9-17)19-11-13-20(14-12-19)24(22,23)15-10-16-6-2-1-3-7-16/h1-3,6-7,10,15,17H,4-5,8-9,11-14H2/b15-10+. The van der Waals surface area contributed by atoms with Crippen molar-refractivity contribution in [2.45, 2.75) is 25.7 Å². The predicted octanol–water partition coefficient (Wildman–Crippen LogP) is 2.32. The van der Waals surface area contributed by atoms with Crippen molar-refractivity contribution in [2.24, 2.45) is 5.92 Å². The quantitative estimate of drug-likeness (QED) is 0.839. The molecule has 3 rings (SSSR count). The summed E-state index contributed by atoms with van der Waals surface area (Å²) in [5.74, 6) is 0.371. The fourth-order valence-corrected chi connectivity index (χ4v) is 4.58. The van der Waals surface area contributed by atoms with Gasteiger partial charge in [-0.15, -0.1) is 0 Å². The Morgan fingerprint density at radius 2 is 1.62 bits per heavy atom. The Hall–Kier alpha value is -1.66. The molecule has 0 aromatic heterocycles. The predicted molar refractivity (Wildman–Crippen MR) is 94.5 cm³/mol. The van der Waals surface area contributed by atoms with E-state index in [1.165, 1.54) is 9.71 Å². The molecular formula is C18H24N2O3S. The lowest BCUT2D eigenvalue weighted by Crippen LogP contribution is -2.51. The zero-order valence-corrected chi connectivity index (χ0v) is 14.6. The minimum atomic E-state index is -3.43. The number of carbonyl (C=O) groups excluding carboxylic acids is 1. The summed E-state index contributed by atoms with van der Waals surface area (Å²) in [7, 11) is -3.43. The molecule has 1 saturated heterocycles. The van der Waals surface area contributed by atoms with Crippen LogP contribution in [0.25, 0.3) is 6.08 Å². The van der Waals surface area contributed by atoms with Gasteiger partial charge in [0.15, 0.2) is 0 Å². The molecule has 6 heteroatoms. The van der Waals surface area contributed by atoms with E-state index in [0.717, 1.165) is 31.2 Å². The van der Waals surface area contributed by atoms with Crippen molar-refractivity contribution in [1.29, 1.82) is 0 Å². The molecule has 2 aliphatic rings. The Morgan fingerprint density at radius 1 is 1.00 bits per heavy atom. The maximum absolute atomic E-state index is 12.4. The smallest absolute Gasteiger partial charge is 0.236 e. The van der Waals surface area contributed by atoms with Crippen LogP contribution in [0.4, 0.5) is 0 Å². The second-order valence-electron chi connectivity index (χ2n) is 6.46. The first-order chi connectivity index (χ1) is 11.6. The topological polar surface area (TPSA) is 57.7 Å². The van der Waals surface area contributed by atoms with Crippen LogP contribution in [-0.2, 0) is 14.8 Å². The summed E-state index contributed by atoms with van der Waals surface area (Å²) < 4.78 is 26.3. The van der Waals surface area contributed by atoms with Crippen LogP contribution in [0.1, 0.15) is 31.2 Å². The Bertz CT molecular complexity index is 686. The summed E-state index contributed by atoms with van der Waals surface area (Å²) in [6, 6.07) is 9.38. The van der Waals surface area contributed by atoms with Gasteiger partial charge in [-0.3, -0.25) is 4.79 Å². The first-order valence-electron chi connectivity index (χ1n) is 8.58. The zero-order chi connectivity index (χ0) is 17.0. The molecule has 1 amide bonds. The molecule has 0 radical (unpaired) electrons. The molecular weight excluding hydrogens is 324 g/mol. The molecule has 1 heterocycles. The summed E-state index contributed by atoms with van der Waals surface area (Å²) in [4.78, 5) is 14.2. The number of hydrogen-bond acceptors (Lipinski definition) is 3. The molecule has 130 valence electrons. The number of carbonyl (C=O) groups is 1. The van der Waals surface area contributed by atoms with Crippen molar-refractivity contribution in [3.8, 4) is 0 Å². The third-order valence-electron chi connectivity index (χ3n) is 4.85. The molecule has 2 fully saturated rings. The van der Waals surface area contributed by atoms with Gasteiger partial charge in [0, 0.05) is 37.5 Å². The monoisotopic (exact) mass is 348 g/mol. The van der Waals surface area contributed by atoms with Crippen molar-refractivity contribution in [3.63, 3.8) is 0 Å². The number of rotatable bonds is 4. The molecule has 0 spiro atoms. The minimum Gasteiger partial charge on any atom is -0.340 e. The fraction of sp³-hybridized carbons (Fsp3) is 0.500. The van der Waals surface area contributed by atoms with Gasteiger partial charge in [0.1, 0.15) is 0 Å². The largest absolute Gasteiger partial charge is 0.340 e. The van der Waals surface area contributed by atoms with E-state index in [1.807, 2.05) is 35.2 Å². The SMILES string of the molecule is O=C(C1CCCC1)N1CCN(S(=O)(=O)/C=C/c2ccccc2)CC1. The normalized spacial score (nSPS) is 20.8. The summed E-state index contributed by atoms with van der Waals surface area (Å²) >= 11 is 0. The number of hydrogen-bond donors (Lipinski definition) is 0. The van der Waals surface area contributed by atoms with Crippen LogP contribution in [0.5, 0.6) is 0 Å². The molecule has 1 aliphatic carbocycles. The van der Waals surface area contributed by atoms with Crippen LogP contribution in [0.3, 0.4) is 0 Å². The summed E-state index contributed by atoms with van der Waals surface area (Å²) in [6.07, 6.45) is 5.85. The van der Waals surface area contributed by atoms with Gasteiger partial charge < -0.3 is 4.90 Å². The van der Waals surface area contributed by atoms with Crippen molar-refractivity contribution < 1.29 is 13.2 Å². The van der Waals surface area contributed by atoms with E-state index in [1.54, 1.807) is 6.08 Å². The first kappa shape index (κ1) is 17.2. The van der Waals surface area contributed by atoms with Crippen molar-refractivity contribution in [1.82, 2.24) is 9.21 Å². The van der Waals surface area contributed by atoms with Gasteiger partial charge in [0.25, 0.3) is 0 Å². The number of sulfonamides is 1. The van der Waals surface area contributed by atoms with Crippen LogP contribution in [-0.4, -0.2) is 49.7 Å². The first-order valence-corrected chi connectivity index (χ1v) is 10.1. The molecule has 0 unspecified atom stereocenters. The van der Waals surface area contributed by atoms with E-state index in [-0.39, 0.29) is 11.8 Å². The van der Waals surface area contributed by atoms with Gasteiger partial charge in [-0.25, -0.2) is 8.42 Å². The van der Waals surface area contributed by atoms with Crippen LogP contribution in [0.15, 0.2) is 35.7 Å². The number of nitrogens with zero attached hydrogens (tertiary/aromatic N) is 2. The van der Waals surface area contributed by atoms with E-state index in [9.17, 15) is 13.2 Å². The maximum atomic E-state index is 12.4. The Kier molecular flexibility index (Phi) is 5.36. The van der Waals surface area contributed by atoms with Crippen LogP contribution >= 0.6 is 0 Å². The average Bonchev–Trinajstić information content (AvgIpc) is 3.15. The van der Waals surface area contributed by atoms with Crippen LogP contribution in [0.2, 0.25) is 0 Å². The molecule has 0 atom stereocenters. The van der Waals surface area contributed by atoms with Gasteiger partial charge in [0.05, 0.1) is 0 Å². The summed E-state index contributed by atoms with van der Waals surface area (Å²) in [6.45, 7) is 1.74. The average molecular weight is 348 g/mol. The van der Waals surface area contributed by atoms with E-state index in [0.29, 0.717) is 26.2 Å². The summed E-state index contributed by atoms with van der Waals surface area (Å²) in [5.41, 5.74) is 0.858. The zero-order valence-electron chi connectivity index (χ0n) is 13.8. The second kappa shape index (κ2) is 7.49.